The van der Waals surface area contributed by atoms with E-state index in [1.165, 1.54) is 0 Å². The van der Waals surface area contributed by atoms with Crippen LogP contribution in [0.15, 0.2) is 96.0 Å². The largest absolute Gasteiger partial charge is 0.464 e. The topological polar surface area (TPSA) is 41.9 Å². The second kappa shape index (κ2) is 8.54. The molecule has 0 amide bonds. The number of hydrogen-bond acceptors (Lipinski definition) is 4. The summed E-state index contributed by atoms with van der Waals surface area (Å²) in [6, 6.07) is 30.2. The average Bonchev–Trinajstić information content (AvgIpc) is 3.09. The summed E-state index contributed by atoms with van der Waals surface area (Å²) in [7, 11) is 0. The molecule has 0 N–H and O–H groups in total. The van der Waals surface area contributed by atoms with E-state index in [0.717, 1.165) is 22.5 Å². The van der Waals surface area contributed by atoms with Gasteiger partial charge in [0.15, 0.2) is 5.54 Å². The molecule has 152 valence electrons. The summed E-state index contributed by atoms with van der Waals surface area (Å²) in [6.45, 7) is 4.68. The average molecular weight is 399 g/mol. The molecule has 0 fully saturated rings. The molecule has 3 aromatic rings. The predicted octanol–water partition coefficient (Wildman–Crippen LogP) is 5.01. The van der Waals surface area contributed by atoms with Gasteiger partial charge >= 0.3 is 5.97 Å². The van der Waals surface area contributed by atoms with Gasteiger partial charge in [-0.3, -0.25) is 0 Å². The maximum atomic E-state index is 13.2. The molecule has 0 radical (unpaired) electrons. The van der Waals surface area contributed by atoms with Gasteiger partial charge in [-0.2, -0.15) is 0 Å². The summed E-state index contributed by atoms with van der Waals surface area (Å²) in [5.74, 6) is 0.506. The van der Waals surface area contributed by atoms with Gasteiger partial charge in [0.05, 0.1) is 12.6 Å². The fraction of sp³-hybridized carbons (Fsp3) is 0.231. The maximum Gasteiger partial charge on any atom is 0.336 e. The fourth-order valence-electron chi connectivity index (χ4n) is 4.11. The van der Waals surface area contributed by atoms with E-state index in [-0.39, 0.29) is 12.0 Å². The lowest BCUT2D eigenvalue weighted by molar-refractivity contribution is -0.150. The van der Waals surface area contributed by atoms with Crippen molar-refractivity contribution in [2.24, 2.45) is 4.99 Å². The van der Waals surface area contributed by atoms with E-state index in [9.17, 15) is 4.79 Å². The van der Waals surface area contributed by atoms with Crippen molar-refractivity contribution < 1.29 is 9.53 Å². The highest BCUT2D eigenvalue weighted by molar-refractivity contribution is 6.04. The molecule has 0 saturated heterocycles. The van der Waals surface area contributed by atoms with Crippen LogP contribution in [0.2, 0.25) is 0 Å². The molecule has 1 aliphatic heterocycles. The Hall–Kier alpha value is -3.40. The first-order valence-corrected chi connectivity index (χ1v) is 10.3. The van der Waals surface area contributed by atoms with Crippen molar-refractivity contribution in [2.75, 3.05) is 6.61 Å². The minimum Gasteiger partial charge on any atom is -0.464 e. The molecule has 0 saturated carbocycles. The van der Waals surface area contributed by atoms with E-state index >= 15 is 0 Å². The molecule has 0 aliphatic carbocycles. The minimum atomic E-state index is -1.04. The van der Waals surface area contributed by atoms with Crippen molar-refractivity contribution in [3.8, 4) is 0 Å². The number of nitrogens with zero attached hydrogens (tertiary/aromatic N) is 2. The molecule has 4 nitrogen and oxygen atoms in total. The highest BCUT2D eigenvalue weighted by Gasteiger charge is 2.52. The number of esters is 1. The Balaban J connectivity index is 1.87. The first-order valence-electron chi connectivity index (χ1n) is 10.3. The van der Waals surface area contributed by atoms with E-state index < -0.39 is 5.54 Å². The molecular formula is C26H26N2O2. The number of rotatable bonds is 6. The molecule has 4 heteroatoms. The standard InChI is InChI=1S/C26H26N2O2/c1-3-30-25(29)26(2)23(21-15-9-5-10-16-21)28(19-20-13-7-4-8-14-20)24(27-26)22-17-11-6-12-18-22/h4-18,23H,3,19H2,1-2H3. The van der Waals surface area contributed by atoms with Crippen LogP contribution in [-0.2, 0) is 16.1 Å². The van der Waals surface area contributed by atoms with Gasteiger partial charge in [-0.05, 0) is 25.0 Å². The van der Waals surface area contributed by atoms with Crippen LogP contribution in [0.4, 0.5) is 0 Å². The zero-order chi connectivity index (χ0) is 21.0. The summed E-state index contributed by atoms with van der Waals surface area (Å²) in [6.07, 6.45) is 0. The van der Waals surface area contributed by atoms with E-state index in [1.54, 1.807) is 0 Å². The molecule has 30 heavy (non-hydrogen) atoms. The van der Waals surface area contributed by atoms with Gasteiger partial charge in [-0.15, -0.1) is 0 Å². The van der Waals surface area contributed by atoms with Gasteiger partial charge < -0.3 is 9.64 Å². The summed E-state index contributed by atoms with van der Waals surface area (Å²) in [5, 5.41) is 0. The van der Waals surface area contributed by atoms with Crippen LogP contribution in [0.25, 0.3) is 0 Å². The van der Waals surface area contributed by atoms with Crippen LogP contribution in [0, 0.1) is 0 Å². The smallest absolute Gasteiger partial charge is 0.336 e. The molecule has 0 bridgehead atoms. The van der Waals surface area contributed by atoms with Crippen molar-refractivity contribution in [1.29, 1.82) is 0 Å². The van der Waals surface area contributed by atoms with Crippen molar-refractivity contribution in [3.05, 3.63) is 108 Å². The Bertz CT molecular complexity index is 1020. The van der Waals surface area contributed by atoms with E-state index in [0.29, 0.717) is 13.2 Å². The number of benzene rings is 3. The normalized spacial score (nSPS) is 20.7. The van der Waals surface area contributed by atoms with Crippen molar-refractivity contribution in [3.63, 3.8) is 0 Å². The van der Waals surface area contributed by atoms with Crippen LogP contribution in [0.5, 0.6) is 0 Å². The SMILES string of the molecule is CCOC(=O)C1(C)N=C(c2ccccc2)N(Cc2ccccc2)C1c1ccccc1. The molecule has 2 unspecified atom stereocenters. The van der Waals surface area contributed by atoms with Gasteiger partial charge in [0.25, 0.3) is 0 Å². The zero-order valence-corrected chi connectivity index (χ0v) is 17.4. The number of aliphatic imine (C=N–C) groups is 1. The van der Waals surface area contributed by atoms with Gasteiger partial charge in [-0.1, -0.05) is 91.0 Å². The van der Waals surface area contributed by atoms with Crippen molar-refractivity contribution >= 4 is 11.8 Å². The number of carbonyl (C=O) groups excluding carboxylic acids is 1. The number of ether oxygens (including phenoxy) is 1. The molecule has 1 aliphatic rings. The highest BCUT2D eigenvalue weighted by atomic mass is 16.5. The monoisotopic (exact) mass is 398 g/mol. The van der Waals surface area contributed by atoms with Crippen LogP contribution in [0.1, 0.15) is 36.6 Å². The second-order valence-corrected chi connectivity index (χ2v) is 7.60. The van der Waals surface area contributed by atoms with Gasteiger partial charge in [0, 0.05) is 12.1 Å². The third kappa shape index (κ3) is 3.73. The maximum absolute atomic E-state index is 13.2. The molecular weight excluding hydrogens is 372 g/mol. The Morgan fingerprint density at radius 2 is 1.50 bits per heavy atom. The number of carbonyl (C=O) groups is 1. The first-order chi connectivity index (χ1) is 14.6. The number of amidine groups is 1. The van der Waals surface area contributed by atoms with Crippen molar-refractivity contribution in [1.82, 2.24) is 4.90 Å². The lowest BCUT2D eigenvalue weighted by atomic mass is 9.87. The molecule has 3 aromatic carbocycles. The zero-order valence-electron chi connectivity index (χ0n) is 17.4. The van der Waals surface area contributed by atoms with Crippen LogP contribution in [0.3, 0.4) is 0 Å². The summed E-state index contributed by atoms with van der Waals surface area (Å²) < 4.78 is 5.49. The molecule has 2 atom stereocenters. The Morgan fingerprint density at radius 3 is 2.10 bits per heavy atom. The van der Waals surface area contributed by atoms with E-state index in [2.05, 4.69) is 29.2 Å². The quantitative estimate of drug-likeness (QED) is 0.548. The summed E-state index contributed by atoms with van der Waals surface area (Å²) in [5.41, 5.74) is 2.15. The summed E-state index contributed by atoms with van der Waals surface area (Å²) >= 11 is 0. The lowest BCUT2D eigenvalue weighted by Gasteiger charge is -2.34. The summed E-state index contributed by atoms with van der Waals surface area (Å²) in [4.78, 5) is 20.4. The first kappa shape index (κ1) is 19.9. The van der Waals surface area contributed by atoms with Crippen molar-refractivity contribution in [2.45, 2.75) is 32.0 Å². The van der Waals surface area contributed by atoms with Crippen LogP contribution >= 0.6 is 0 Å². The van der Waals surface area contributed by atoms with Crippen LogP contribution < -0.4 is 0 Å². The molecule has 1 heterocycles. The number of hydrogen-bond donors (Lipinski definition) is 0. The van der Waals surface area contributed by atoms with Gasteiger partial charge in [0.2, 0.25) is 0 Å². The molecule has 4 rings (SSSR count). The molecule has 0 aromatic heterocycles. The predicted molar refractivity (Wildman–Crippen MR) is 119 cm³/mol. The third-order valence-corrected chi connectivity index (χ3v) is 5.49. The van der Waals surface area contributed by atoms with E-state index in [4.69, 9.17) is 9.73 Å². The van der Waals surface area contributed by atoms with Crippen LogP contribution in [-0.4, -0.2) is 28.9 Å². The minimum absolute atomic E-state index is 0.270. The third-order valence-electron chi connectivity index (χ3n) is 5.49. The fourth-order valence-corrected chi connectivity index (χ4v) is 4.11. The Morgan fingerprint density at radius 1 is 0.933 bits per heavy atom. The van der Waals surface area contributed by atoms with Gasteiger partial charge in [0.1, 0.15) is 5.84 Å². The van der Waals surface area contributed by atoms with E-state index in [1.807, 2.05) is 80.6 Å². The second-order valence-electron chi connectivity index (χ2n) is 7.60. The molecule has 0 spiro atoms. The van der Waals surface area contributed by atoms with Gasteiger partial charge in [-0.25, -0.2) is 9.79 Å². The Labute approximate surface area is 177 Å². The highest BCUT2D eigenvalue weighted by Crippen LogP contribution is 2.43. The lowest BCUT2D eigenvalue weighted by Crippen LogP contribution is -2.44. The Kier molecular flexibility index (Phi) is 5.66.